The Morgan fingerprint density at radius 2 is 1.00 bits per heavy atom. The van der Waals surface area contributed by atoms with Gasteiger partial charge in [-0.25, -0.2) is 0 Å². The van der Waals surface area contributed by atoms with E-state index >= 15 is 0 Å². The molecule has 0 aliphatic carbocycles. The summed E-state index contributed by atoms with van der Waals surface area (Å²) in [6, 6.07) is 0. The van der Waals surface area contributed by atoms with Crippen LogP contribution in [-0.4, -0.2) is 82.3 Å². The van der Waals surface area contributed by atoms with E-state index in [4.69, 9.17) is 20.2 Å². The zero-order valence-corrected chi connectivity index (χ0v) is 2.61. The van der Waals surface area contributed by atoms with Gasteiger partial charge in [-0.15, -0.1) is 9.81 Å². The normalized spacial score (nSPS) is 3.00. The van der Waals surface area contributed by atoms with Crippen LogP contribution in [0, 0.1) is 9.81 Å². The molecule has 0 bridgehead atoms. The standard InChI is InChI=1S/Ba.Mg.2HNO2.4H/c;;2*2-1-3;;;;/h;;2*(H,2,3);;;;. The van der Waals surface area contributed by atoms with Gasteiger partial charge in [0.25, 0.3) is 0 Å². The molecule has 0 aromatic carbocycles. The molecule has 8 heavy (non-hydrogen) atoms. The molecule has 2 N–H and O–H groups in total. The Kier molecular flexibility index (Phi) is 121. The molecule has 0 aromatic heterocycles. The molecule has 0 spiro atoms. The summed E-state index contributed by atoms with van der Waals surface area (Å²) in [4.78, 5) is 16.2. The zero-order valence-electron chi connectivity index (χ0n) is 2.61. The predicted octanol–water partition coefficient (Wildman–Crippen LogP) is -1.55. The Morgan fingerprint density at radius 1 is 1.00 bits per heavy atom. The van der Waals surface area contributed by atoms with Gasteiger partial charge in [0.05, 0.1) is 0 Å². The second-order valence-corrected chi connectivity index (χ2v) is 0.163. The van der Waals surface area contributed by atoms with Gasteiger partial charge in [-0.1, -0.05) is 0 Å². The van der Waals surface area contributed by atoms with Crippen molar-refractivity contribution in [3.63, 3.8) is 0 Å². The molecule has 0 rings (SSSR count). The van der Waals surface area contributed by atoms with Gasteiger partial charge in [-0.2, -0.15) is 0 Å². The Hall–Kier alpha value is 1.14. The average Bonchev–Trinajstić information content (AvgIpc) is 1.39. The van der Waals surface area contributed by atoms with E-state index in [1.807, 2.05) is 0 Å². The quantitative estimate of drug-likeness (QED) is 0.313. The van der Waals surface area contributed by atoms with Gasteiger partial charge in [-0.3, -0.25) is 0 Å². The Balaban J connectivity index is -0.0000000160. The molecular weight excluding hydrogens is 254 g/mol. The second kappa shape index (κ2) is 42.1. The number of hydrogen-bond donors (Lipinski definition) is 2. The van der Waals surface area contributed by atoms with Gasteiger partial charge in [0.15, 0.2) is 10.7 Å². The van der Waals surface area contributed by atoms with Crippen molar-refractivity contribution < 1.29 is 10.4 Å². The van der Waals surface area contributed by atoms with Crippen LogP contribution in [0.4, 0.5) is 0 Å². The fraction of sp³-hybridized carbons (Fsp3) is 0. The molecule has 0 aliphatic heterocycles. The Bertz CT molecular complexity index is 35.0. The maximum atomic E-state index is 8.11. The molecule has 0 fully saturated rings. The smallest absolute Gasteiger partial charge is 0.316 e. The fourth-order valence-corrected chi connectivity index (χ4v) is 0. The molecule has 0 radical (unpaired) electrons. The summed E-state index contributed by atoms with van der Waals surface area (Å²) in [7, 11) is 0. The first-order valence-electron chi connectivity index (χ1n) is 0.765. The summed E-state index contributed by atoms with van der Waals surface area (Å²) < 4.78 is 0. The van der Waals surface area contributed by atoms with Gasteiger partial charge in [-0.05, 0) is 0 Å². The minimum Gasteiger partial charge on any atom is 0.316 e. The third-order valence-electron chi connectivity index (χ3n) is 0. The SMILES string of the molecule is O=NO.O=NO.[BaH2].[MgH2]. The van der Waals surface area contributed by atoms with E-state index in [9.17, 15) is 0 Å². The van der Waals surface area contributed by atoms with Crippen molar-refractivity contribution in [1.29, 1.82) is 0 Å². The molecule has 0 saturated carbocycles. The van der Waals surface area contributed by atoms with Gasteiger partial charge >= 0.3 is 71.9 Å². The fourth-order valence-electron chi connectivity index (χ4n) is 0. The first-order valence-corrected chi connectivity index (χ1v) is 0.765. The molecule has 0 amide bonds. The van der Waals surface area contributed by atoms with E-state index in [1.54, 1.807) is 0 Å². The van der Waals surface area contributed by atoms with Crippen molar-refractivity contribution in [2.45, 2.75) is 0 Å². The van der Waals surface area contributed by atoms with Crippen molar-refractivity contribution in [2.75, 3.05) is 0 Å². The molecule has 44 valence electrons. The van der Waals surface area contributed by atoms with E-state index < -0.39 is 0 Å². The molecule has 0 aliphatic rings. The van der Waals surface area contributed by atoms with Crippen LogP contribution in [-0.2, 0) is 0 Å². The minimum atomic E-state index is 0. The largest absolute Gasteiger partial charge is 0.316 e. The van der Waals surface area contributed by atoms with Gasteiger partial charge in [0.2, 0.25) is 0 Å². The van der Waals surface area contributed by atoms with Crippen LogP contribution in [0.5, 0.6) is 0 Å². The van der Waals surface area contributed by atoms with Crippen LogP contribution in [0.3, 0.4) is 0 Å². The first kappa shape index (κ1) is 22.9. The van der Waals surface area contributed by atoms with Crippen molar-refractivity contribution in [1.82, 2.24) is 0 Å². The van der Waals surface area contributed by atoms with Gasteiger partial charge in [0.1, 0.15) is 0 Å². The maximum Gasteiger partial charge on any atom is 0.316 e. The third-order valence-corrected chi connectivity index (χ3v) is 0. The molecule has 0 aromatic rings. The Labute approximate surface area is 101 Å². The van der Waals surface area contributed by atoms with Crippen molar-refractivity contribution in [3.05, 3.63) is 9.81 Å². The van der Waals surface area contributed by atoms with Gasteiger partial charge < -0.3 is 10.4 Å². The predicted molar refractivity (Wildman–Crippen MR) is 32.3 cm³/mol. The Morgan fingerprint density at radius 3 is 1.00 bits per heavy atom. The molecule has 6 nitrogen and oxygen atoms in total. The van der Waals surface area contributed by atoms with Crippen LogP contribution < -0.4 is 0 Å². The zero-order chi connectivity index (χ0) is 5.41. The molecule has 0 saturated heterocycles. The number of rotatable bonds is 0. The summed E-state index contributed by atoms with van der Waals surface area (Å²) in [6.45, 7) is 0. The minimum absolute atomic E-state index is 0. The van der Waals surface area contributed by atoms with Crippen LogP contribution in [0.15, 0.2) is 10.7 Å². The molecule has 8 heteroatoms. The summed E-state index contributed by atoms with van der Waals surface area (Å²) >= 11 is 0. The van der Waals surface area contributed by atoms with Crippen LogP contribution in [0.1, 0.15) is 0 Å². The monoisotopic (exact) mass is 260 g/mol. The van der Waals surface area contributed by atoms with Crippen molar-refractivity contribution in [2.24, 2.45) is 10.7 Å². The van der Waals surface area contributed by atoms with Crippen LogP contribution >= 0.6 is 0 Å². The molecule has 0 atom stereocenters. The van der Waals surface area contributed by atoms with E-state index in [0.717, 1.165) is 0 Å². The van der Waals surface area contributed by atoms with E-state index in [1.165, 1.54) is 10.7 Å². The van der Waals surface area contributed by atoms with E-state index in [-0.39, 0.29) is 71.9 Å². The molecule has 0 unspecified atom stereocenters. The summed E-state index contributed by atoms with van der Waals surface area (Å²) in [5.74, 6) is 0. The number of hydrogen-bond acceptors (Lipinski definition) is 4. The van der Waals surface area contributed by atoms with E-state index in [2.05, 4.69) is 0 Å². The second-order valence-electron chi connectivity index (χ2n) is 0.163. The topological polar surface area (TPSA) is 99.3 Å². The molecular formula is H6BaMgN2O4. The van der Waals surface area contributed by atoms with Crippen molar-refractivity contribution in [3.8, 4) is 0 Å². The number of nitrogens with zero attached hydrogens (tertiary/aromatic N) is 2. The van der Waals surface area contributed by atoms with Gasteiger partial charge in [0, 0.05) is 0 Å². The summed E-state index contributed by atoms with van der Waals surface area (Å²) in [6.07, 6.45) is 0. The van der Waals surface area contributed by atoms with Crippen LogP contribution in [0.2, 0.25) is 0 Å². The van der Waals surface area contributed by atoms with Crippen molar-refractivity contribution >= 4 is 71.9 Å². The van der Waals surface area contributed by atoms with Crippen LogP contribution in [0.25, 0.3) is 0 Å². The first-order chi connectivity index (χ1) is 2.83. The molecule has 0 heterocycles. The summed E-state index contributed by atoms with van der Waals surface area (Å²) in [5, 5.41) is 15.8. The third kappa shape index (κ3) is 208. The van der Waals surface area contributed by atoms with E-state index in [0.29, 0.717) is 0 Å². The maximum absolute atomic E-state index is 8.11. The summed E-state index contributed by atoms with van der Waals surface area (Å²) in [5.41, 5.74) is 0. The average molecular weight is 260 g/mol.